The third kappa shape index (κ3) is 2.47. The van der Waals surface area contributed by atoms with Crippen LogP contribution >= 0.6 is 11.6 Å². The summed E-state index contributed by atoms with van der Waals surface area (Å²) >= 11 is 5.98. The smallest absolute Gasteiger partial charge is 0.153 e. The number of nitrogens with zero attached hydrogens (tertiary/aromatic N) is 2. The van der Waals surface area contributed by atoms with Crippen molar-refractivity contribution in [2.75, 3.05) is 0 Å². The van der Waals surface area contributed by atoms with Gasteiger partial charge in [-0.25, -0.2) is 4.98 Å². The predicted octanol–water partition coefficient (Wildman–Crippen LogP) is 2.47. The van der Waals surface area contributed by atoms with E-state index in [4.69, 9.17) is 16.3 Å². The van der Waals surface area contributed by atoms with Crippen LogP contribution in [0.3, 0.4) is 0 Å². The monoisotopic (exact) mass is 250 g/mol. The minimum Gasteiger partial charge on any atom is -0.483 e. The van der Waals surface area contributed by atoms with Crippen LogP contribution in [-0.2, 0) is 13.7 Å². The highest BCUT2D eigenvalue weighted by Crippen LogP contribution is 2.28. The molecule has 0 amide bonds. The van der Waals surface area contributed by atoms with E-state index in [1.54, 1.807) is 24.4 Å². The number of carbonyl (C=O) groups excluding carboxylic acids is 1. The number of para-hydroxylation sites is 1. The summed E-state index contributed by atoms with van der Waals surface area (Å²) in [5.41, 5.74) is 0.437. The average molecular weight is 251 g/mol. The second-order valence-corrected chi connectivity index (χ2v) is 3.93. The van der Waals surface area contributed by atoms with Crippen molar-refractivity contribution in [2.24, 2.45) is 7.05 Å². The fourth-order valence-electron chi connectivity index (χ4n) is 1.44. The zero-order valence-electron chi connectivity index (χ0n) is 9.26. The predicted molar refractivity (Wildman–Crippen MR) is 64.4 cm³/mol. The van der Waals surface area contributed by atoms with Crippen LogP contribution < -0.4 is 4.74 Å². The van der Waals surface area contributed by atoms with Crippen LogP contribution in [0.15, 0.2) is 30.6 Å². The summed E-state index contributed by atoms with van der Waals surface area (Å²) in [5.74, 6) is 1.16. The molecule has 2 rings (SSSR count). The van der Waals surface area contributed by atoms with E-state index in [1.807, 2.05) is 17.8 Å². The molecule has 2 aromatic rings. The van der Waals surface area contributed by atoms with Gasteiger partial charge >= 0.3 is 0 Å². The molecular formula is C12H11ClN2O2. The Balaban J connectivity index is 2.19. The Morgan fingerprint density at radius 3 is 3.00 bits per heavy atom. The molecule has 0 bridgehead atoms. The second-order valence-electron chi connectivity index (χ2n) is 3.52. The highest BCUT2D eigenvalue weighted by Gasteiger charge is 2.09. The number of aldehydes is 1. The van der Waals surface area contributed by atoms with Gasteiger partial charge in [-0.05, 0) is 12.1 Å². The van der Waals surface area contributed by atoms with Gasteiger partial charge in [0.25, 0.3) is 0 Å². The first-order valence-electron chi connectivity index (χ1n) is 5.05. The van der Waals surface area contributed by atoms with Crippen molar-refractivity contribution in [3.8, 4) is 5.75 Å². The normalized spacial score (nSPS) is 10.2. The first kappa shape index (κ1) is 11.7. The zero-order chi connectivity index (χ0) is 12.3. The average Bonchev–Trinajstić information content (AvgIpc) is 2.73. The SMILES string of the molecule is Cn1ccnc1COc1c(Cl)cccc1C=O. The quantitative estimate of drug-likeness (QED) is 0.783. The molecule has 0 spiro atoms. The number of rotatable bonds is 4. The minimum absolute atomic E-state index is 0.272. The summed E-state index contributed by atoms with van der Waals surface area (Å²) in [6, 6.07) is 5.05. The van der Waals surface area contributed by atoms with Crippen LogP contribution in [-0.4, -0.2) is 15.8 Å². The Bertz CT molecular complexity index is 537. The van der Waals surface area contributed by atoms with Gasteiger partial charge < -0.3 is 9.30 Å². The van der Waals surface area contributed by atoms with Crippen LogP contribution in [0.1, 0.15) is 16.2 Å². The molecule has 0 aliphatic carbocycles. The number of aryl methyl sites for hydroxylation is 1. The number of imidazole rings is 1. The van der Waals surface area contributed by atoms with Gasteiger partial charge in [-0.15, -0.1) is 0 Å². The van der Waals surface area contributed by atoms with Gasteiger partial charge in [0, 0.05) is 19.4 Å². The molecular weight excluding hydrogens is 240 g/mol. The third-order valence-electron chi connectivity index (χ3n) is 2.39. The number of benzene rings is 1. The van der Waals surface area contributed by atoms with Crippen LogP contribution in [0.2, 0.25) is 5.02 Å². The number of hydrogen-bond acceptors (Lipinski definition) is 3. The van der Waals surface area contributed by atoms with Gasteiger partial charge in [-0.1, -0.05) is 17.7 Å². The number of halogens is 1. The fourth-order valence-corrected chi connectivity index (χ4v) is 1.68. The van der Waals surface area contributed by atoms with Gasteiger partial charge in [-0.2, -0.15) is 0 Å². The maximum absolute atomic E-state index is 10.8. The van der Waals surface area contributed by atoms with Gasteiger partial charge in [-0.3, -0.25) is 4.79 Å². The van der Waals surface area contributed by atoms with Crippen molar-refractivity contribution in [3.63, 3.8) is 0 Å². The minimum atomic E-state index is 0.272. The van der Waals surface area contributed by atoms with E-state index in [-0.39, 0.29) is 6.61 Å². The Hall–Kier alpha value is -1.81. The molecule has 88 valence electrons. The lowest BCUT2D eigenvalue weighted by Gasteiger charge is -2.09. The number of carbonyl (C=O) groups is 1. The summed E-state index contributed by atoms with van der Waals surface area (Å²) < 4.78 is 7.38. The molecule has 17 heavy (non-hydrogen) atoms. The van der Waals surface area contributed by atoms with E-state index >= 15 is 0 Å². The standard InChI is InChI=1S/C12H11ClN2O2/c1-15-6-5-14-11(15)8-17-12-9(7-16)3-2-4-10(12)13/h2-7H,8H2,1H3. The molecule has 0 atom stereocenters. The number of ether oxygens (including phenoxy) is 1. The van der Waals surface area contributed by atoms with E-state index in [2.05, 4.69) is 4.98 Å². The largest absolute Gasteiger partial charge is 0.483 e. The highest BCUT2D eigenvalue weighted by molar-refractivity contribution is 6.32. The van der Waals surface area contributed by atoms with Crippen molar-refractivity contribution < 1.29 is 9.53 Å². The van der Waals surface area contributed by atoms with Crippen molar-refractivity contribution >= 4 is 17.9 Å². The van der Waals surface area contributed by atoms with E-state index in [9.17, 15) is 4.79 Å². The third-order valence-corrected chi connectivity index (χ3v) is 2.69. The van der Waals surface area contributed by atoms with E-state index < -0.39 is 0 Å². The van der Waals surface area contributed by atoms with Gasteiger partial charge in [0.1, 0.15) is 18.2 Å². The topological polar surface area (TPSA) is 44.1 Å². The molecule has 0 N–H and O–H groups in total. The highest BCUT2D eigenvalue weighted by atomic mass is 35.5. The summed E-state index contributed by atoms with van der Waals surface area (Å²) in [7, 11) is 1.87. The molecule has 4 nitrogen and oxygen atoms in total. The Labute approximate surface area is 104 Å². The molecule has 1 aromatic carbocycles. The van der Waals surface area contributed by atoms with E-state index in [0.717, 1.165) is 12.1 Å². The van der Waals surface area contributed by atoms with Gasteiger partial charge in [0.2, 0.25) is 0 Å². The maximum Gasteiger partial charge on any atom is 0.153 e. The molecule has 0 aliphatic rings. The summed E-state index contributed by atoms with van der Waals surface area (Å²) in [6.07, 6.45) is 4.23. The molecule has 0 unspecified atom stereocenters. The molecule has 1 heterocycles. The molecule has 0 saturated carbocycles. The molecule has 0 radical (unpaired) electrons. The van der Waals surface area contributed by atoms with Crippen LogP contribution in [0, 0.1) is 0 Å². The van der Waals surface area contributed by atoms with Crippen molar-refractivity contribution in [1.29, 1.82) is 0 Å². The van der Waals surface area contributed by atoms with Crippen molar-refractivity contribution in [2.45, 2.75) is 6.61 Å². The van der Waals surface area contributed by atoms with Crippen LogP contribution in [0.5, 0.6) is 5.75 Å². The van der Waals surface area contributed by atoms with Gasteiger partial charge in [0.05, 0.1) is 10.6 Å². The summed E-state index contributed by atoms with van der Waals surface area (Å²) in [5, 5.41) is 0.420. The van der Waals surface area contributed by atoms with E-state index in [0.29, 0.717) is 16.3 Å². The van der Waals surface area contributed by atoms with Crippen molar-refractivity contribution in [1.82, 2.24) is 9.55 Å². The van der Waals surface area contributed by atoms with Gasteiger partial charge in [0.15, 0.2) is 6.29 Å². The Morgan fingerprint density at radius 2 is 2.35 bits per heavy atom. The molecule has 0 saturated heterocycles. The van der Waals surface area contributed by atoms with Crippen LogP contribution in [0.25, 0.3) is 0 Å². The fraction of sp³-hybridized carbons (Fsp3) is 0.167. The van der Waals surface area contributed by atoms with Crippen LogP contribution in [0.4, 0.5) is 0 Å². The lowest BCUT2D eigenvalue weighted by atomic mass is 10.2. The number of hydrogen-bond donors (Lipinski definition) is 0. The molecule has 0 aliphatic heterocycles. The Morgan fingerprint density at radius 1 is 1.53 bits per heavy atom. The molecule has 1 aromatic heterocycles. The zero-order valence-corrected chi connectivity index (χ0v) is 10.0. The Kier molecular flexibility index (Phi) is 3.44. The van der Waals surface area contributed by atoms with Crippen molar-refractivity contribution in [3.05, 3.63) is 47.0 Å². The molecule has 0 fully saturated rings. The lowest BCUT2D eigenvalue weighted by Crippen LogP contribution is -2.04. The molecule has 5 heteroatoms. The van der Waals surface area contributed by atoms with E-state index in [1.165, 1.54) is 0 Å². The summed E-state index contributed by atoms with van der Waals surface area (Å²) in [6.45, 7) is 0.272. The number of aromatic nitrogens is 2. The summed E-state index contributed by atoms with van der Waals surface area (Å²) in [4.78, 5) is 15.0. The lowest BCUT2D eigenvalue weighted by molar-refractivity contribution is 0.111. The maximum atomic E-state index is 10.8. The first-order valence-corrected chi connectivity index (χ1v) is 5.43. The first-order chi connectivity index (χ1) is 8.22. The second kappa shape index (κ2) is 5.01.